The Hall–Kier alpha value is -2.11. The van der Waals surface area contributed by atoms with Gasteiger partial charge < -0.3 is 15.0 Å². The van der Waals surface area contributed by atoms with Crippen LogP contribution in [0.25, 0.3) is 0 Å². The van der Waals surface area contributed by atoms with Crippen LogP contribution < -0.4 is 15.0 Å². The molecule has 2 aromatic carbocycles. The Morgan fingerprint density at radius 2 is 1.96 bits per heavy atom. The third-order valence-electron chi connectivity index (χ3n) is 4.01. The number of carbonyl (C=O) groups is 1. The summed E-state index contributed by atoms with van der Waals surface area (Å²) in [6.07, 6.45) is 1.72. The summed E-state index contributed by atoms with van der Waals surface area (Å²) in [5.41, 5.74) is 2.24. The highest BCUT2D eigenvalue weighted by atomic mass is 79.9. The van der Waals surface area contributed by atoms with Crippen LogP contribution >= 0.6 is 15.9 Å². The molecule has 0 aliphatic carbocycles. The van der Waals surface area contributed by atoms with Crippen molar-refractivity contribution in [1.29, 1.82) is 0 Å². The van der Waals surface area contributed by atoms with E-state index in [2.05, 4.69) is 27.8 Å². The van der Waals surface area contributed by atoms with Crippen LogP contribution in [-0.2, 0) is 11.3 Å². The van der Waals surface area contributed by atoms with Crippen LogP contribution in [0.4, 0.5) is 0 Å². The predicted octanol–water partition coefficient (Wildman–Crippen LogP) is 2.91. The molecule has 0 radical (unpaired) electrons. The van der Waals surface area contributed by atoms with Gasteiger partial charge in [0, 0.05) is 10.0 Å². The fraction of sp³-hybridized carbons (Fsp3) is 0.286. The zero-order valence-corrected chi connectivity index (χ0v) is 16.9. The van der Waals surface area contributed by atoms with Gasteiger partial charge in [0.05, 0.1) is 13.1 Å². The van der Waals surface area contributed by atoms with Gasteiger partial charge in [0.2, 0.25) is 0 Å². The fourth-order valence-corrected chi connectivity index (χ4v) is 3.37. The maximum Gasteiger partial charge on any atom is 0.275 e. The van der Waals surface area contributed by atoms with Crippen LogP contribution in [0.3, 0.4) is 0 Å². The number of carbonyl (C=O) groups excluding carboxylic acids is 1. The maximum atomic E-state index is 12.3. The van der Waals surface area contributed by atoms with E-state index in [-0.39, 0.29) is 11.9 Å². The molecule has 2 N–H and O–H groups in total. The molecule has 0 aliphatic heterocycles. The molecule has 0 bridgehead atoms. The van der Waals surface area contributed by atoms with E-state index in [4.69, 9.17) is 4.74 Å². The third kappa shape index (κ3) is 6.32. The highest BCUT2D eigenvalue weighted by Gasteiger charge is 2.15. The highest BCUT2D eigenvalue weighted by molar-refractivity contribution is 9.10. The van der Waals surface area contributed by atoms with Crippen molar-refractivity contribution in [2.45, 2.75) is 19.5 Å². The summed E-state index contributed by atoms with van der Waals surface area (Å²) in [6, 6.07) is 15.9. The van der Waals surface area contributed by atoms with E-state index in [0.717, 1.165) is 27.2 Å². The molecule has 0 aromatic heterocycles. The standard InChI is InChI=1S/C21H25BrN2O2/c1-4-13-26-18-11-9-17(10-12-18)14-24(3)15-21(25)23-16(2)19-7-5-6-8-20(19)22/h4-12,16H,1,13-15H2,2-3H3,(H,23,25)/p+1/t16-/m0/s1. The maximum absolute atomic E-state index is 12.3. The fourth-order valence-electron chi connectivity index (χ4n) is 2.74. The SMILES string of the molecule is C=CCOc1ccc(C[NH+](C)CC(=O)N[C@@H](C)c2ccccc2Br)cc1. The molecule has 2 aromatic rings. The van der Waals surface area contributed by atoms with Crippen LogP contribution in [0.1, 0.15) is 24.1 Å². The predicted molar refractivity (Wildman–Crippen MR) is 108 cm³/mol. The van der Waals surface area contributed by atoms with Gasteiger partial charge in [0.1, 0.15) is 18.9 Å². The Kier molecular flexibility index (Phi) is 7.88. The number of amides is 1. The summed E-state index contributed by atoms with van der Waals surface area (Å²) in [7, 11) is 2.02. The number of hydrogen-bond donors (Lipinski definition) is 2. The van der Waals surface area contributed by atoms with Crippen molar-refractivity contribution in [2.75, 3.05) is 20.2 Å². The quantitative estimate of drug-likeness (QED) is 0.615. The van der Waals surface area contributed by atoms with Crippen molar-refractivity contribution < 1.29 is 14.4 Å². The second-order valence-corrected chi connectivity index (χ2v) is 7.22. The van der Waals surface area contributed by atoms with Gasteiger partial charge >= 0.3 is 0 Å². The van der Waals surface area contributed by atoms with Gasteiger partial charge in [0.25, 0.3) is 5.91 Å². The molecular weight excluding hydrogens is 392 g/mol. The molecule has 0 fully saturated rings. The van der Waals surface area contributed by atoms with Crippen LogP contribution in [0.2, 0.25) is 0 Å². The summed E-state index contributed by atoms with van der Waals surface area (Å²) >= 11 is 3.53. The van der Waals surface area contributed by atoms with E-state index >= 15 is 0 Å². The van der Waals surface area contributed by atoms with E-state index in [1.807, 2.05) is 62.5 Å². The number of nitrogens with one attached hydrogen (secondary N) is 2. The molecular formula is C21H26BrN2O2+. The lowest BCUT2D eigenvalue weighted by atomic mass is 10.1. The molecule has 2 atom stereocenters. The van der Waals surface area contributed by atoms with Crippen molar-refractivity contribution in [3.05, 3.63) is 76.8 Å². The first-order valence-corrected chi connectivity index (χ1v) is 9.46. The van der Waals surface area contributed by atoms with Gasteiger partial charge in [-0.25, -0.2) is 0 Å². The van der Waals surface area contributed by atoms with Gasteiger partial charge in [-0.3, -0.25) is 4.79 Å². The number of hydrogen-bond acceptors (Lipinski definition) is 2. The monoisotopic (exact) mass is 417 g/mol. The number of likely N-dealkylation sites (N-methyl/N-ethyl adjacent to an activating group) is 1. The van der Waals surface area contributed by atoms with Crippen molar-refractivity contribution in [1.82, 2.24) is 5.32 Å². The first-order valence-electron chi connectivity index (χ1n) is 8.67. The smallest absolute Gasteiger partial charge is 0.275 e. The first kappa shape index (κ1) is 20.2. The van der Waals surface area contributed by atoms with E-state index < -0.39 is 0 Å². The minimum atomic E-state index is -0.0350. The molecule has 0 spiro atoms. The van der Waals surface area contributed by atoms with Crippen molar-refractivity contribution in [3.8, 4) is 5.75 Å². The number of benzene rings is 2. The molecule has 2 rings (SSSR count). The van der Waals surface area contributed by atoms with Gasteiger partial charge in [-0.1, -0.05) is 46.8 Å². The van der Waals surface area contributed by atoms with Gasteiger partial charge in [-0.05, 0) is 42.8 Å². The lowest BCUT2D eigenvalue weighted by Crippen LogP contribution is -3.08. The molecule has 0 saturated carbocycles. The number of halogens is 1. The summed E-state index contributed by atoms with van der Waals surface area (Å²) in [4.78, 5) is 13.5. The largest absolute Gasteiger partial charge is 0.490 e. The Balaban J connectivity index is 1.83. The van der Waals surface area contributed by atoms with Gasteiger partial charge in [-0.15, -0.1) is 0 Å². The third-order valence-corrected chi connectivity index (χ3v) is 4.73. The molecule has 0 aliphatic rings. The van der Waals surface area contributed by atoms with E-state index in [9.17, 15) is 4.79 Å². The second kappa shape index (κ2) is 10.1. The summed E-state index contributed by atoms with van der Waals surface area (Å²) < 4.78 is 6.49. The van der Waals surface area contributed by atoms with Crippen LogP contribution in [0.5, 0.6) is 5.75 Å². The van der Waals surface area contributed by atoms with Gasteiger partial charge in [0.15, 0.2) is 6.54 Å². The van der Waals surface area contributed by atoms with Crippen LogP contribution in [0.15, 0.2) is 65.7 Å². The minimum Gasteiger partial charge on any atom is -0.490 e. The molecule has 5 heteroatoms. The Bertz CT molecular complexity index is 731. The molecule has 26 heavy (non-hydrogen) atoms. The lowest BCUT2D eigenvalue weighted by Gasteiger charge is -2.18. The Morgan fingerprint density at radius 1 is 1.27 bits per heavy atom. The molecule has 4 nitrogen and oxygen atoms in total. The first-order chi connectivity index (χ1) is 12.5. The van der Waals surface area contributed by atoms with Crippen LogP contribution in [-0.4, -0.2) is 26.1 Å². The highest BCUT2D eigenvalue weighted by Crippen LogP contribution is 2.22. The van der Waals surface area contributed by atoms with Crippen molar-refractivity contribution >= 4 is 21.8 Å². The van der Waals surface area contributed by atoms with Gasteiger partial charge in [-0.2, -0.15) is 0 Å². The number of quaternary nitrogens is 1. The Labute approximate surface area is 164 Å². The zero-order chi connectivity index (χ0) is 18.9. The molecule has 1 amide bonds. The Morgan fingerprint density at radius 3 is 2.62 bits per heavy atom. The summed E-state index contributed by atoms with van der Waals surface area (Å²) in [5.74, 6) is 0.864. The number of rotatable bonds is 9. The van der Waals surface area contributed by atoms with Crippen molar-refractivity contribution in [3.63, 3.8) is 0 Å². The lowest BCUT2D eigenvalue weighted by molar-refractivity contribution is -0.885. The van der Waals surface area contributed by atoms with Crippen LogP contribution in [0, 0.1) is 0 Å². The van der Waals surface area contributed by atoms with Crippen molar-refractivity contribution in [2.24, 2.45) is 0 Å². The topological polar surface area (TPSA) is 42.8 Å². The van der Waals surface area contributed by atoms with E-state index in [1.165, 1.54) is 5.56 Å². The average Bonchev–Trinajstić information content (AvgIpc) is 2.61. The zero-order valence-electron chi connectivity index (χ0n) is 15.3. The van der Waals surface area contributed by atoms with E-state index in [1.54, 1.807) is 6.08 Å². The number of ether oxygens (including phenoxy) is 1. The molecule has 138 valence electrons. The average molecular weight is 418 g/mol. The second-order valence-electron chi connectivity index (χ2n) is 6.37. The van der Waals surface area contributed by atoms with E-state index in [0.29, 0.717) is 13.2 Å². The minimum absolute atomic E-state index is 0.0350. The summed E-state index contributed by atoms with van der Waals surface area (Å²) in [6.45, 7) is 7.33. The molecule has 0 heterocycles. The molecule has 1 unspecified atom stereocenters. The summed E-state index contributed by atoms with van der Waals surface area (Å²) in [5, 5.41) is 3.07. The molecule has 0 saturated heterocycles. The normalized spacial score (nSPS) is 12.9.